The van der Waals surface area contributed by atoms with Crippen LogP contribution in [-0.2, 0) is 0 Å². The zero-order valence-electron chi connectivity index (χ0n) is 12.8. The van der Waals surface area contributed by atoms with Gasteiger partial charge in [-0.3, -0.25) is 5.41 Å². The molecular formula is C17H25N3S. The molecule has 1 aliphatic carbocycles. The largest absolute Gasteiger partial charge is 0.384 e. The molecule has 1 aromatic rings. The van der Waals surface area contributed by atoms with Crippen LogP contribution in [0.25, 0.3) is 0 Å². The van der Waals surface area contributed by atoms with Crippen molar-refractivity contribution >= 4 is 23.3 Å². The predicted octanol–water partition coefficient (Wildman–Crippen LogP) is 3.85. The van der Waals surface area contributed by atoms with Crippen LogP contribution in [0.1, 0.15) is 44.6 Å². The smallest absolute Gasteiger partial charge is 0.126 e. The van der Waals surface area contributed by atoms with Gasteiger partial charge in [-0.25, -0.2) is 0 Å². The van der Waals surface area contributed by atoms with Crippen molar-refractivity contribution < 1.29 is 0 Å². The van der Waals surface area contributed by atoms with Gasteiger partial charge in [0.05, 0.1) is 5.56 Å². The van der Waals surface area contributed by atoms with Crippen molar-refractivity contribution in [3.05, 3.63) is 23.8 Å². The second kappa shape index (κ2) is 6.30. The van der Waals surface area contributed by atoms with Crippen LogP contribution >= 0.6 is 11.8 Å². The fourth-order valence-corrected chi connectivity index (χ4v) is 4.90. The van der Waals surface area contributed by atoms with Crippen LogP contribution in [-0.4, -0.2) is 24.2 Å². The summed E-state index contributed by atoms with van der Waals surface area (Å²) in [4.78, 5) is 3.71. The molecule has 3 rings (SSSR count). The molecule has 1 saturated heterocycles. The summed E-state index contributed by atoms with van der Waals surface area (Å²) in [7, 11) is 0. The van der Waals surface area contributed by atoms with Gasteiger partial charge in [0.2, 0.25) is 0 Å². The number of nitrogens with two attached hydrogens (primary N) is 1. The molecule has 0 amide bonds. The molecule has 0 radical (unpaired) electrons. The molecule has 114 valence electrons. The monoisotopic (exact) mass is 303 g/mol. The third-order valence-electron chi connectivity index (χ3n) is 4.88. The lowest BCUT2D eigenvalue weighted by Gasteiger charge is -2.40. The number of benzene rings is 1. The van der Waals surface area contributed by atoms with E-state index in [1.54, 1.807) is 11.8 Å². The quantitative estimate of drug-likeness (QED) is 0.504. The van der Waals surface area contributed by atoms with Gasteiger partial charge in [0.15, 0.2) is 0 Å². The van der Waals surface area contributed by atoms with Crippen LogP contribution in [0.4, 0.5) is 5.69 Å². The molecule has 2 aliphatic rings. The number of amidine groups is 1. The third-order valence-corrected chi connectivity index (χ3v) is 5.82. The molecule has 0 spiro atoms. The van der Waals surface area contributed by atoms with Crippen LogP contribution in [0.5, 0.6) is 0 Å². The molecular weight excluding hydrogens is 278 g/mol. The second-order valence-corrected chi connectivity index (χ2v) is 7.40. The van der Waals surface area contributed by atoms with E-state index in [0.29, 0.717) is 6.04 Å². The Morgan fingerprint density at radius 2 is 2.14 bits per heavy atom. The highest BCUT2D eigenvalue weighted by molar-refractivity contribution is 7.99. The maximum Gasteiger partial charge on any atom is 0.126 e. The number of hydrogen-bond acceptors (Lipinski definition) is 3. The van der Waals surface area contributed by atoms with Gasteiger partial charge < -0.3 is 10.6 Å². The fraction of sp³-hybridized carbons (Fsp3) is 0.588. The minimum Gasteiger partial charge on any atom is -0.384 e. The highest BCUT2D eigenvalue weighted by atomic mass is 32.2. The summed E-state index contributed by atoms with van der Waals surface area (Å²) in [5.74, 6) is 2.07. The van der Waals surface area contributed by atoms with Crippen LogP contribution in [0.15, 0.2) is 23.1 Å². The van der Waals surface area contributed by atoms with Gasteiger partial charge in [-0.1, -0.05) is 19.4 Å². The first-order valence-electron chi connectivity index (χ1n) is 8.09. The normalized spacial score (nSPS) is 24.9. The van der Waals surface area contributed by atoms with E-state index in [-0.39, 0.29) is 5.84 Å². The summed E-state index contributed by atoms with van der Waals surface area (Å²) in [6.45, 7) is 3.26. The first kappa shape index (κ1) is 14.8. The number of fused-ring (bicyclic) bond motifs is 1. The number of nitrogen functional groups attached to an aromatic ring is 1. The predicted molar refractivity (Wildman–Crippen MR) is 91.6 cm³/mol. The maximum atomic E-state index is 8.04. The summed E-state index contributed by atoms with van der Waals surface area (Å²) in [6.07, 6.45) is 6.67. The number of nitrogens with zero attached hydrogens (tertiary/aromatic N) is 1. The van der Waals surface area contributed by atoms with Gasteiger partial charge >= 0.3 is 0 Å². The van der Waals surface area contributed by atoms with Gasteiger partial charge in [0.25, 0.3) is 0 Å². The Hall–Kier alpha value is -1.16. The van der Waals surface area contributed by atoms with Crippen molar-refractivity contribution in [2.24, 2.45) is 11.7 Å². The second-order valence-electron chi connectivity index (χ2n) is 6.09. The molecule has 0 bridgehead atoms. The molecule has 2 atom stereocenters. The van der Waals surface area contributed by atoms with Crippen molar-refractivity contribution in [3.63, 3.8) is 0 Å². The summed E-state index contributed by atoms with van der Waals surface area (Å²) in [5.41, 5.74) is 8.08. The molecule has 3 nitrogen and oxygen atoms in total. The van der Waals surface area contributed by atoms with Crippen LogP contribution in [0.3, 0.4) is 0 Å². The van der Waals surface area contributed by atoms with E-state index in [1.165, 1.54) is 37.8 Å². The Morgan fingerprint density at radius 1 is 1.33 bits per heavy atom. The van der Waals surface area contributed by atoms with E-state index in [9.17, 15) is 0 Å². The first-order valence-corrected chi connectivity index (χ1v) is 9.07. The number of piperidine rings is 1. The van der Waals surface area contributed by atoms with Crippen LogP contribution in [0.2, 0.25) is 0 Å². The lowest BCUT2D eigenvalue weighted by atomic mass is 9.91. The molecule has 1 aliphatic heterocycles. The SMILES string of the molecule is CCSc1cccc(N2CCCC3CCCC32)c1C(=N)N. The molecule has 4 heteroatoms. The number of anilines is 1. The van der Waals surface area contributed by atoms with E-state index >= 15 is 0 Å². The minimum absolute atomic E-state index is 0.210. The highest BCUT2D eigenvalue weighted by Crippen LogP contribution is 2.41. The summed E-state index contributed by atoms with van der Waals surface area (Å²) >= 11 is 1.79. The zero-order valence-corrected chi connectivity index (χ0v) is 13.6. The molecule has 1 aromatic carbocycles. The van der Waals surface area contributed by atoms with Gasteiger partial charge in [-0.2, -0.15) is 0 Å². The first-order chi connectivity index (χ1) is 10.2. The molecule has 21 heavy (non-hydrogen) atoms. The Balaban J connectivity index is 2.00. The molecule has 2 fully saturated rings. The van der Waals surface area contributed by atoms with E-state index in [4.69, 9.17) is 11.1 Å². The van der Waals surface area contributed by atoms with E-state index in [2.05, 4.69) is 30.0 Å². The Bertz CT molecular complexity index is 529. The van der Waals surface area contributed by atoms with E-state index in [1.807, 2.05) is 0 Å². The fourth-order valence-electron chi connectivity index (χ4n) is 4.06. The minimum atomic E-state index is 0.210. The zero-order chi connectivity index (χ0) is 14.8. The van der Waals surface area contributed by atoms with Crippen molar-refractivity contribution in [3.8, 4) is 0 Å². The van der Waals surface area contributed by atoms with Gasteiger partial charge in [0, 0.05) is 23.2 Å². The molecule has 1 saturated carbocycles. The maximum absolute atomic E-state index is 8.04. The van der Waals surface area contributed by atoms with Crippen molar-refractivity contribution in [1.82, 2.24) is 0 Å². The number of nitrogens with one attached hydrogen (secondary N) is 1. The van der Waals surface area contributed by atoms with Gasteiger partial charge in [-0.05, 0) is 49.5 Å². The average molecular weight is 303 g/mol. The van der Waals surface area contributed by atoms with Crippen molar-refractivity contribution in [1.29, 1.82) is 5.41 Å². The average Bonchev–Trinajstić information content (AvgIpc) is 2.95. The van der Waals surface area contributed by atoms with E-state index in [0.717, 1.165) is 28.7 Å². The molecule has 3 N–H and O–H groups in total. The Kier molecular flexibility index (Phi) is 4.43. The van der Waals surface area contributed by atoms with Crippen molar-refractivity contribution in [2.75, 3.05) is 17.2 Å². The summed E-state index contributed by atoms with van der Waals surface area (Å²) in [6, 6.07) is 7.05. The Morgan fingerprint density at radius 3 is 2.90 bits per heavy atom. The summed E-state index contributed by atoms with van der Waals surface area (Å²) in [5, 5.41) is 8.04. The van der Waals surface area contributed by atoms with E-state index < -0.39 is 0 Å². The molecule has 1 heterocycles. The highest BCUT2D eigenvalue weighted by Gasteiger charge is 2.36. The van der Waals surface area contributed by atoms with Gasteiger partial charge in [-0.15, -0.1) is 11.8 Å². The van der Waals surface area contributed by atoms with Gasteiger partial charge in [0.1, 0.15) is 5.84 Å². The summed E-state index contributed by atoms with van der Waals surface area (Å²) < 4.78 is 0. The standard InChI is InChI=1S/C17H25N3S/c1-2-21-15-10-4-9-14(16(15)17(18)19)20-11-5-7-12-6-3-8-13(12)20/h4,9-10,12-13H,2-3,5-8,11H2,1H3,(H3,18,19). The van der Waals surface area contributed by atoms with Crippen LogP contribution < -0.4 is 10.6 Å². The van der Waals surface area contributed by atoms with Crippen molar-refractivity contribution in [2.45, 2.75) is 50.0 Å². The third kappa shape index (κ3) is 2.78. The topological polar surface area (TPSA) is 53.1 Å². The number of thioether (sulfide) groups is 1. The number of rotatable bonds is 4. The molecule has 0 aromatic heterocycles. The van der Waals surface area contributed by atoms with Crippen LogP contribution in [0, 0.1) is 11.3 Å². The lowest BCUT2D eigenvalue weighted by Crippen LogP contribution is -2.43. The lowest BCUT2D eigenvalue weighted by molar-refractivity contribution is 0.362. The Labute approximate surface area is 131 Å². The number of hydrogen-bond donors (Lipinski definition) is 2. The molecule has 2 unspecified atom stereocenters.